The maximum atomic E-state index is 12.8. The van der Waals surface area contributed by atoms with Gasteiger partial charge in [-0.2, -0.15) is 0 Å². The number of aromatic nitrogens is 2. The number of nitrogens with one attached hydrogen (secondary N) is 1. The summed E-state index contributed by atoms with van der Waals surface area (Å²) in [6, 6.07) is 7.52. The molecule has 0 bridgehead atoms. The number of hydrogen-bond acceptors (Lipinski definition) is 5. The van der Waals surface area contributed by atoms with Crippen molar-refractivity contribution in [2.45, 2.75) is 64.5 Å². The summed E-state index contributed by atoms with van der Waals surface area (Å²) in [5, 5.41) is 3.92. The summed E-state index contributed by atoms with van der Waals surface area (Å²) in [6.45, 7) is 4.56. The minimum atomic E-state index is -0.434. The second-order valence-electron chi connectivity index (χ2n) is 8.40. The zero-order valence-corrected chi connectivity index (χ0v) is 18.4. The molecule has 7 heteroatoms. The van der Waals surface area contributed by atoms with Crippen LogP contribution in [0.4, 0.5) is 0 Å². The van der Waals surface area contributed by atoms with Crippen molar-refractivity contribution in [3.63, 3.8) is 0 Å². The van der Waals surface area contributed by atoms with E-state index in [9.17, 15) is 4.79 Å². The molecule has 1 aromatic carbocycles. The number of ether oxygens (including phenoxy) is 2. The van der Waals surface area contributed by atoms with Crippen LogP contribution >= 0.6 is 11.6 Å². The highest BCUT2D eigenvalue weighted by Crippen LogP contribution is 2.27. The van der Waals surface area contributed by atoms with Gasteiger partial charge in [0.2, 0.25) is 11.8 Å². The highest BCUT2D eigenvalue weighted by atomic mass is 35.5. The van der Waals surface area contributed by atoms with Crippen LogP contribution in [0.15, 0.2) is 42.9 Å². The van der Waals surface area contributed by atoms with E-state index in [1.807, 2.05) is 26.0 Å². The third-order valence-electron chi connectivity index (χ3n) is 5.48. The summed E-state index contributed by atoms with van der Waals surface area (Å²) < 4.78 is 11.6. The molecule has 3 rings (SSSR count). The Morgan fingerprint density at radius 1 is 1.17 bits per heavy atom. The fraction of sp³-hybridized carbons (Fsp3) is 0.522. The molecule has 1 N–H and O–H groups in total. The molecule has 1 aliphatic rings. The number of rotatable bonds is 9. The zero-order chi connectivity index (χ0) is 21.4. The predicted octanol–water partition coefficient (Wildman–Crippen LogP) is 4.82. The molecule has 162 valence electrons. The smallest absolute Gasteiger partial charge is 0.232 e. The normalized spacial score (nSPS) is 19.2. The monoisotopic (exact) mass is 431 g/mol. The first-order valence-electron chi connectivity index (χ1n) is 10.5. The largest absolute Gasteiger partial charge is 0.494 e. The first-order valence-corrected chi connectivity index (χ1v) is 10.9. The van der Waals surface area contributed by atoms with E-state index in [0.717, 1.165) is 44.3 Å². The lowest BCUT2D eigenvalue weighted by Gasteiger charge is -2.32. The van der Waals surface area contributed by atoms with E-state index in [1.54, 1.807) is 30.7 Å². The van der Waals surface area contributed by atoms with Crippen LogP contribution in [0.25, 0.3) is 0 Å². The standard InChI is InChI=1S/C23H30ClN3O3/c1-23(2,12-3-15-29-19-8-4-17(24)5-9-19)22(28)27-18-6-10-20(11-7-18)30-21-16-25-13-14-26-21/h4-5,8-9,13-14,16,18,20H,3,6-7,10-12,15H2,1-2H3,(H,27,28)/t18-,20-. The molecule has 1 saturated carbocycles. The van der Waals surface area contributed by atoms with Gasteiger partial charge in [-0.05, 0) is 62.8 Å². The molecular formula is C23H30ClN3O3. The van der Waals surface area contributed by atoms with Gasteiger partial charge in [0, 0.05) is 28.9 Å². The Kier molecular flexibility index (Phi) is 7.91. The molecule has 1 aliphatic carbocycles. The Morgan fingerprint density at radius 2 is 1.90 bits per heavy atom. The first-order chi connectivity index (χ1) is 14.4. The fourth-order valence-corrected chi connectivity index (χ4v) is 3.70. The number of carbonyl (C=O) groups is 1. The maximum absolute atomic E-state index is 12.8. The Labute approximate surface area is 183 Å². The second kappa shape index (κ2) is 10.6. The van der Waals surface area contributed by atoms with Crippen molar-refractivity contribution in [3.8, 4) is 11.6 Å². The molecule has 0 saturated heterocycles. The summed E-state index contributed by atoms with van der Waals surface area (Å²) in [6.07, 6.45) is 10.2. The van der Waals surface area contributed by atoms with Crippen molar-refractivity contribution < 1.29 is 14.3 Å². The van der Waals surface area contributed by atoms with Crippen molar-refractivity contribution in [1.82, 2.24) is 15.3 Å². The van der Waals surface area contributed by atoms with Crippen molar-refractivity contribution in [2.75, 3.05) is 6.61 Å². The summed E-state index contributed by atoms with van der Waals surface area (Å²) >= 11 is 5.88. The molecule has 1 fully saturated rings. The molecule has 1 heterocycles. The third kappa shape index (κ3) is 6.87. The van der Waals surface area contributed by atoms with Crippen LogP contribution in [-0.2, 0) is 4.79 Å². The van der Waals surface area contributed by atoms with Crippen LogP contribution in [0.1, 0.15) is 52.4 Å². The van der Waals surface area contributed by atoms with Crippen molar-refractivity contribution >= 4 is 17.5 Å². The average molecular weight is 432 g/mol. The van der Waals surface area contributed by atoms with Crippen LogP contribution in [0, 0.1) is 5.41 Å². The third-order valence-corrected chi connectivity index (χ3v) is 5.73. The van der Waals surface area contributed by atoms with Crippen LogP contribution < -0.4 is 14.8 Å². The predicted molar refractivity (Wildman–Crippen MR) is 117 cm³/mol. The van der Waals surface area contributed by atoms with Gasteiger partial charge in [0.05, 0.1) is 12.8 Å². The summed E-state index contributed by atoms with van der Waals surface area (Å²) in [7, 11) is 0. The highest BCUT2D eigenvalue weighted by Gasteiger charge is 2.31. The van der Waals surface area contributed by atoms with Gasteiger partial charge in [-0.1, -0.05) is 25.4 Å². The van der Waals surface area contributed by atoms with Gasteiger partial charge in [-0.25, -0.2) is 4.98 Å². The number of benzene rings is 1. The number of nitrogens with zero attached hydrogens (tertiary/aromatic N) is 2. The SMILES string of the molecule is CC(C)(CCCOc1ccc(Cl)cc1)C(=O)N[C@H]1CC[C@H](Oc2cnccn2)CC1. The van der Waals surface area contributed by atoms with Gasteiger partial charge in [-0.3, -0.25) is 9.78 Å². The Bertz CT molecular complexity index is 791. The van der Waals surface area contributed by atoms with Gasteiger partial charge in [0.1, 0.15) is 11.9 Å². The van der Waals surface area contributed by atoms with Crippen LogP contribution in [0.3, 0.4) is 0 Å². The molecule has 30 heavy (non-hydrogen) atoms. The second-order valence-corrected chi connectivity index (χ2v) is 8.83. The van der Waals surface area contributed by atoms with Gasteiger partial charge in [0.25, 0.3) is 0 Å². The van der Waals surface area contributed by atoms with E-state index in [1.165, 1.54) is 0 Å². The fourth-order valence-electron chi connectivity index (χ4n) is 3.57. The van der Waals surface area contributed by atoms with E-state index in [4.69, 9.17) is 21.1 Å². The van der Waals surface area contributed by atoms with Crippen LogP contribution in [0.2, 0.25) is 5.02 Å². The molecule has 2 aromatic rings. The molecule has 0 radical (unpaired) electrons. The Hall–Kier alpha value is -2.34. The van der Waals surface area contributed by atoms with Crippen molar-refractivity contribution in [1.29, 1.82) is 0 Å². The first kappa shape index (κ1) is 22.3. The molecular weight excluding hydrogens is 402 g/mol. The topological polar surface area (TPSA) is 73.3 Å². The minimum Gasteiger partial charge on any atom is -0.494 e. The minimum absolute atomic E-state index is 0.104. The summed E-state index contributed by atoms with van der Waals surface area (Å²) in [5.41, 5.74) is -0.434. The van der Waals surface area contributed by atoms with E-state index in [-0.39, 0.29) is 18.1 Å². The lowest BCUT2D eigenvalue weighted by atomic mass is 9.85. The summed E-state index contributed by atoms with van der Waals surface area (Å²) in [5.74, 6) is 1.46. The lowest BCUT2D eigenvalue weighted by molar-refractivity contribution is -0.130. The van der Waals surface area contributed by atoms with E-state index < -0.39 is 5.41 Å². The number of amides is 1. The number of halogens is 1. The van der Waals surface area contributed by atoms with Gasteiger partial charge < -0.3 is 14.8 Å². The van der Waals surface area contributed by atoms with Gasteiger partial charge in [0.15, 0.2) is 0 Å². The molecule has 0 atom stereocenters. The molecule has 0 unspecified atom stereocenters. The molecule has 6 nitrogen and oxygen atoms in total. The molecule has 1 amide bonds. The van der Waals surface area contributed by atoms with Crippen LogP contribution in [-0.4, -0.2) is 34.6 Å². The molecule has 0 aliphatic heterocycles. The molecule has 0 spiro atoms. The van der Waals surface area contributed by atoms with Crippen molar-refractivity contribution in [3.05, 3.63) is 47.9 Å². The van der Waals surface area contributed by atoms with E-state index >= 15 is 0 Å². The Balaban J connectivity index is 1.35. The number of hydrogen-bond donors (Lipinski definition) is 1. The quantitative estimate of drug-likeness (QED) is 0.576. The zero-order valence-electron chi connectivity index (χ0n) is 17.6. The van der Waals surface area contributed by atoms with Crippen LogP contribution in [0.5, 0.6) is 11.6 Å². The maximum Gasteiger partial charge on any atom is 0.232 e. The Morgan fingerprint density at radius 3 is 2.57 bits per heavy atom. The van der Waals surface area contributed by atoms with Gasteiger partial charge in [-0.15, -0.1) is 0 Å². The van der Waals surface area contributed by atoms with Crippen molar-refractivity contribution in [2.24, 2.45) is 5.41 Å². The van der Waals surface area contributed by atoms with Gasteiger partial charge >= 0.3 is 0 Å². The van der Waals surface area contributed by atoms with E-state index in [0.29, 0.717) is 17.5 Å². The highest BCUT2D eigenvalue weighted by molar-refractivity contribution is 6.30. The molecule has 1 aromatic heterocycles. The summed E-state index contributed by atoms with van der Waals surface area (Å²) in [4.78, 5) is 21.0. The average Bonchev–Trinajstić information content (AvgIpc) is 2.74. The van der Waals surface area contributed by atoms with E-state index in [2.05, 4.69) is 15.3 Å². The number of carbonyl (C=O) groups excluding carboxylic acids is 1. The lowest BCUT2D eigenvalue weighted by Crippen LogP contribution is -2.45.